The molecule has 1 rings (SSSR count). The molecule has 1 N–H and O–H groups in total. The van der Waals surface area contributed by atoms with Crippen LogP contribution in [-0.2, 0) is 13.6 Å². The van der Waals surface area contributed by atoms with Crippen molar-refractivity contribution in [1.29, 1.82) is 0 Å². The molecule has 0 aliphatic heterocycles. The lowest BCUT2D eigenvalue weighted by Gasteiger charge is -2.21. The van der Waals surface area contributed by atoms with Crippen LogP contribution in [0.25, 0.3) is 0 Å². The van der Waals surface area contributed by atoms with Crippen LogP contribution in [-0.4, -0.2) is 21.2 Å². The van der Waals surface area contributed by atoms with E-state index in [4.69, 9.17) is 0 Å². The summed E-state index contributed by atoms with van der Waals surface area (Å²) in [7, 11) is 1.56. The van der Waals surface area contributed by atoms with Gasteiger partial charge in [-0.2, -0.15) is 0 Å². The minimum Gasteiger partial charge on any atom is -0.312 e. The zero-order valence-electron chi connectivity index (χ0n) is 11.5. The van der Waals surface area contributed by atoms with E-state index in [2.05, 4.69) is 32.7 Å². The summed E-state index contributed by atoms with van der Waals surface area (Å²) in [5.41, 5.74) is -0.174. The Morgan fingerprint density at radius 3 is 2.44 bits per heavy atom. The minimum absolute atomic E-state index is 0.000718. The molecule has 0 bridgehead atoms. The first kappa shape index (κ1) is 14.4. The number of nitrogens with zero attached hydrogens (tertiary/aromatic N) is 2. The topological polar surface area (TPSA) is 56.0 Å². The van der Waals surface area contributed by atoms with Gasteiger partial charge < -0.3 is 14.5 Å². The van der Waals surface area contributed by atoms with Crippen LogP contribution in [0.5, 0.6) is 0 Å². The van der Waals surface area contributed by atoms with Crippen molar-refractivity contribution in [3.63, 3.8) is 0 Å². The highest BCUT2D eigenvalue weighted by Gasteiger charge is 2.09. The average molecular weight is 251 g/mol. The normalized spacial score (nSPS) is 11.6. The maximum absolute atomic E-state index is 11.7. The van der Waals surface area contributed by atoms with Crippen LogP contribution in [0.2, 0.25) is 0 Å². The Morgan fingerprint density at radius 1 is 1.28 bits per heavy atom. The van der Waals surface area contributed by atoms with Gasteiger partial charge >= 0.3 is 11.1 Å². The van der Waals surface area contributed by atoms with Crippen molar-refractivity contribution >= 4 is 0 Å². The Kier molecular flexibility index (Phi) is 4.29. The lowest BCUT2D eigenvalue weighted by Crippen LogP contribution is -2.41. The molecule has 0 unspecified atom stereocenters. The van der Waals surface area contributed by atoms with E-state index in [-0.39, 0.29) is 5.54 Å². The van der Waals surface area contributed by atoms with Crippen molar-refractivity contribution in [2.75, 3.05) is 6.54 Å². The van der Waals surface area contributed by atoms with Crippen molar-refractivity contribution in [2.24, 2.45) is 7.05 Å². The first-order chi connectivity index (χ1) is 8.20. The van der Waals surface area contributed by atoms with Crippen molar-refractivity contribution < 1.29 is 0 Å². The van der Waals surface area contributed by atoms with Crippen LogP contribution in [0.3, 0.4) is 0 Å². The van der Waals surface area contributed by atoms with Gasteiger partial charge in [0.15, 0.2) is 0 Å². The summed E-state index contributed by atoms with van der Waals surface area (Å²) >= 11 is 0. The Hall–Kier alpha value is -1.62. The number of hydrogen-bond acceptors (Lipinski definition) is 3. The van der Waals surface area contributed by atoms with E-state index in [1.807, 2.05) is 0 Å². The Bertz CT molecular complexity index is 547. The molecule has 1 heterocycles. The van der Waals surface area contributed by atoms with Gasteiger partial charge in [0.1, 0.15) is 0 Å². The molecular weight excluding hydrogens is 230 g/mol. The monoisotopic (exact) mass is 251 g/mol. The predicted molar refractivity (Wildman–Crippen MR) is 72.8 cm³/mol. The van der Waals surface area contributed by atoms with Crippen LogP contribution in [0, 0.1) is 0 Å². The SMILES string of the molecule is C=C(CNC(C)(C)C)Cn1ccn(C)c(=O)c1=O. The van der Waals surface area contributed by atoms with Gasteiger partial charge in [-0.05, 0) is 26.3 Å². The molecule has 0 saturated carbocycles. The van der Waals surface area contributed by atoms with Crippen molar-refractivity contribution in [1.82, 2.24) is 14.5 Å². The summed E-state index contributed by atoms with van der Waals surface area (Å²) in [6.07, 6.45) is 3.18. The largest absolute Gasteiger partial charge is 0.316 e. The van der Waals surface area contributed by atoms with Gasteiger partial charge in [-0.1, -0.05) is 6.58 Å². The lowest BCUT2D eigenvalue weighted by molar-refractivity contribution is 0.439. The maximum Gasteiger partial charge on any atom is 0.316 e. The fourth-order valence-electron chi connectivity index (χ4n) is 1.40. The Labute approximate surface area is 107 Å². The molecule has 1 aromatic rings. The standard InChI is InChI=1S/C13H21N3O2/c1-10(8-14-13(2,3)4)9-16-7-6-15(5)11(17)12(16)18/h6-7,14H,1,8-9H2,2-5H3. The molecule has 0 radical (unpaired) electrons. The molecule has 0 fully saturated rings. The number of nitrogens with one attached hydrogen (secondary N) is 1. The molecule has 0 aliphatic carbocycles. The van der Waals surface area contributed by atoms with Crippen LogP contribution < -0.4 is 16.4 Å². The van der Waals surface area contributed by atoms with E-state index in [1.165, 1.54) is 9.13 Å². The molecule has 0 aliphatic rings. The van der Waals surface area contributed by atoms with Crippen LogP contribution >= 0.6 is 0 Å². The zero-order valence-corrected chi connectivity index (χ0v) is 11.5. The Balaban J connectivity index is 2.75. The molecule has 1 aromatic heterocycles. The fraction of sp³-hybridized carbons (Fsp3) is 0.538. The summed E-state index contributed by atoms with van der Waals surface area (Å²) in [4.78, 5) is 23.2. The Morgan fingerprint density at radius 2 is 1.89 bits per heavy atom. The third-order valence-corrected chi connectivity index (χ3v) is 2.50. The molecule has 100 valence electrons. The van der Waals surface area contributed by atoms with Crippen LogP contribution in [0.1, 0.15) is 20.8 Å². The molecule has 0 aromatic carbocycles. The van der Waals surface area contributed by atoms with Gasteiger partial charge in [-0.25, -0.2) is 0 Å². The molecule has 0 atom stereocenters. The molecule has 5 heteroatoms. The van der Waals surface area contributed by atoms with E-state index in [9.17, 15) is 9.59 Å². The summed E-state index contributed by atoms with van der Waals surface area (Å²) in [6.45, 7) is 11.1. The van der Waals surface area contributed by atoms with Gasteiger partial charge in [0.2, 0.25) is 0 Å². The van der Waals surface area contributed by atoms with Gasteiger partial charge in [-0.3, -0.25) is 9.59 Å². The first-order valence-electron chi connectivity index (χ1n) is 5.88. The quantitative estimate of drug-likeness (QED) is 0.626. The number of aromatic nitrogens is 2. The van der Waals surface area contributed by atoms with Gasteiger partial charge in [-0.15, -0.1) is 0 Å². The second-order valence-corrected chi connectivity index (χ2v) is 5.50. The highest BCUT2D eigenvalue weighted by atomic mass is 16.2. The van der Waals surface area contributed by atoms with E-state index < -0.39 is 11.1 Å². The van der Waals surface area contributed by atoms with E-state index in [0.29, 0.717) is 13.1 Å². The second kappa shape index (κ2) is 5.35. The highest BCUT2D eigenvalue weighted by Crippen LogP contribution is 2.00. The summed E-state index contributed by atoms with van der Waals surface area (Å²) in [5, 5.41) is 3.29. The average Bonchev–Trinajstić information content (AvgIpc) is 2.26. The van der Waals surface area contributed by atoms with E-state index >= 15 is 0 Å². The van der Waals surface area contributed by atoms with Gasteiger partial charge in [0.05, 0.1) is 0 Å². The first-order valence-corrected chi connectivity index (χ1v) is 5.88. The predicted octanol–water partition coefficient (Wildman–Crippen LogP) is 0.491. The van der Waals surface area contributed by atoms with Crippen LogP contribution in [0.4, 0.5) is 0 Å². The van der Waals surface area contributed by atoms with E-state index in [0.717, 1.165) is 5.57 Å². The highest BCUT2D eigenvalue weighted by molar-refractivity contribution is 5.00. The van der Waals surface area contributed by atoms with Crippen molar-refractivity contribution in [3.8, 4) is 0 Å². The molecule has 0 spiro atoms. The summed E-state index contributed by atoms with van der Waals surface area (Å²) < 4.78 is 2.66. The number of hydrogen-bond donors (Lipinski definition) is 1. The summed E-state index contributed by atoms with van der Waals surface area (Å²) in [5.74, 6) is 0. The second-order valence-electron chi connectivity index (χ2n) is 5.50. The summed E-state index contributed by atoms with van der Waals surface area (Å²) in [6, 6.07) is 0. The lowest BCUT2D eigenvalue weighted by atomic mass is 10.1. The van der Waals surface area contributed by atoms with Crippen LogP contribution in [0.15, 0.2) is 34.1 Å². The minimum atomic E-state index is -0.519. The molecule has 5 nitrogen and oxygen atoms in total. The van der Waals surface area contributed by atoms with Crippen molar-refractivity contribution in [2.45, 2.75) is 32.9 Å². The number of rotatable bonds is 4. The smallest absolute Gasteiger partial charge is 0.312 e. The molecule has 18 heavy (non-hydrogen) atoms. The molecular formula is C13H21N3O2. The molecule has 0 saturated heterocycles. The maximum atomic E-state index is 11.7. The molecule has 0 amide bonds. The number of aryl methyl sites for hydroxylation is 1. The van der Waals surface area contributed by atoms with Gasteiger partial charge in [0, 0.05) is 38.1 Å². The zero-order chi connectivity index (χ0) is 13.9. The van der Waals surface area contributed by atoms with Crippen molar-refractivity contribution in [3.05, 3.63) is 45.3 Å². The van der Waals surface area contributed by atoms with Gasteiger partial charge in [0.25, 0.3) is 0 Å². The third-order valence-electron chi connectivity index (χ3n) is 2.50. The third kappa shape index (κ3) is 4.00. The fourth-order valence-corrected chi connectivity index (χ4v) is 1.40. The van der Waals surface area contributed by atoms with E-state index in [1.54, 1.807) is 19.4 Å².